The van der Waals surface area contributed by atoms with Gasteiger partial charge in [0.25, 0.3) is 0 Å². The molecule has 0 fully saturated rings. The first-order chi connectivity index (χ1) is 9.34. The number of rotatable bonds is 8. The van der Waals surface area contributed by atoms with Crippen LogP contribution in [-0.4, -0.2) is 31.5 Å². The molecule has 1 atom stereocenters. The largest absolute Gasteiger partial charge is 0.389 e. The smallest absolute Gasteiger partial charge is 0.215 e. The Balaban J connectivity index is 2.62. The van der Waals surface area contributed by atoms with Gasteiger partial charge >= 0.3 is 0 Å². The van der Waals surface area contributed by atoms with Crippen molar-refractivity contribution in [3.63, 3.8) is 0 Å². The molecule has 0 saturated heterocycles. The fraction of sp³-hybridized carbons (Fsp3) is 0.462. The second-order valence-electron chi connectivity index (χ2n) is 4.55. The van der Waals surface area contributed by atoms with Gasteiger partial charge in [0.1, 0.15) is 4.99 Å². The number of hydrogen-bond acceptors (Lipinski definition) is 4. The summed E-state index contributed by atoms with van der Waals surface area (Å²) in [4.78, 5) is 0.269. The molecule has 0 radical (unpaired) electrons. The Labute approximate surface area is 130 Å². The molecule has 1 rings (SSSR count). The summed E-state index contributed by atoms with van der Waals surface area (Å²) in [5.74, 6) is -0.0584. The van der Waals surface area contributed by atoms with Crippen LogP contribution in [0.3, 0.4) is 0 Å². The van der Waals surface area contributed by atoms with Crippen LogP contribution in [-0.2, 0) is 15.8 Å². The highest BCUT2D eigenvalue weighted by molar-refractivity contribution is 7.99. The van der Waals surface area contributed by atoms with Crippen molar-refractivity contribution in [2.75, 3.05) is 12.8 Å². The summed E-state index contributed by atoms with van der Waals surface area (Å²) in [7, 11) is -3.32. The maximum atomic E-state index is 12.0. The molecule has 1 unspecified atom stereocenters. The van der Waals surface area contributed by atoms with Crippen LogP contribution in [0, 0.1) is 0 Å². The van der Waals surface area contributed by atoms with E-state index in [1.165, 1.54) is 0 Å². The van der Waals surface area contributed by atoms with E-state index in [0.717, 1.165) is 6.42 Å². The molecule has 20 heavy (non-hydrogen) atoms. The SMILES string of the molecule is CSC(C)CCNS(=O)(=O)Cc1cccc(C(N)=S)c1. The van der Waals surface area contributed by atoms with Gasteiger partial charge in [-0.2, -0.15) is 11.8 Å². The third-order valence-corrected chi connectivity index (χ3v) is 5.48. The van der Waals surface area contributed by atoms with Crippen LogP contribution in [0.2, 0.25) is 0 Å². The van der Waals surface area contributed by atoms with Crippen LogP contribution >= 0.6 is 24.0 Å². The molecule has 0 saturated carbocycles. The van der Waals surface area contributed by atoms with E-state index < -0.39 is 10.0 Å². The fourth-order valence-electron chi connectivity index (χ4n) is 1.62. The molecule has 112 valence electrons. The minimum atomic E-state index is -3.32. The minimum absolute atomic E-state index is 0.0584. The lowest BCUT2D eigenvalue weighted by molar-refractivity contribution is 0.578. The summed E-state index contributed by atoms with van der Waals surface area (Å²) < 4.78 is 26.6. The van der Waals surface area contributed by atoms with E-state index in [4.69, 9.17) is 18.0 Å². The highest BCUT2D eigenvalue weighted by Crippen LogP contribution is 2.10. The van der Waals surface area contributed by atoms with Crippen molar-refractivity contribution < 1.29 is 8.42 Å². The van der Waals surface area contributed by atoms with Crippen molar-refractivity contribution in [3.8, 4) is 0 Å². The second-order valence-corrected chi connectivity index (χ2v) is 8.08. The third-order valence-electron chi connectivity index (χ3n) is 2.84. The Kier molecular flexibility index (Phi) is 6.94. The molecule has 3 N–H and O–H groups in total. The van der Waals surface area contributed by atoms with Gasteiger partial charge in [0.15, 0.2) is 0 Å². The van der Waals surface area contributed by atoms with Gasteiger partial charge in [0.05, 0.1) is 5.75 Å². The molecular weight excluding hydrogens is 312 g/mol. The van der Waals surface area contributed by atoms with Gasteiger partial charge in [-0.15, -0.1) is 0 Å². The van der Waals surface area contributed by atoms with Gasteiger partial charge in [0, 0.05) is 17.4 Å². The Bertz CT molecular complexity index is 558. The molecule has 0 aliphatic rings. The van der Waals surface area contributed by atoms with Gasteiger partial charge in [-0.1, -0.05) is 37.3 Å². The number of sulfonamides is 1. The molecule has 0 aliphatic carbocycles. The van der Waals surface area contributed by atoms with Crippen molar-refractivity contribution in [2.24, 2.45) is 5.73 Å². The highest BCUT2D eigenvalue weighted by atomic mass is 32.2. The molecule has 0 heterocycles. The first kappa shape index (κ1) is 17.4. The summed E-state index contributed by atoms with van der Waals surface area (Å²) in [6.45, 7) is 2.53. The molecule has 1 aromatic rings. The first-order valence-corrected chi connectivity index (χ1v) is 9.58. The van der Waals surface area contributed by atoms with Crippen molar-refractivity contribution in [3.05, 3.63) is 35.4 Å². The molecule has 0 amide bonds. The lowest BCUT2D eigenvalue weighted by Crippen LogP contribution is -2.27. The Hall–Kier alpha value is -0.630. The van der Waals surface area contributed by atoms with E-state index >= 15 is 0 Å². The van der Waals surface area contributed by atoms with Gasteiger partial charge in [-0.05, 0) is 24.3 Å². The Morgan fingerprint density at radius 3 is 2.80 bits per heavy atom. The maximum absolute atomic E-state index is 12.0. The number of nitrogens with one attached hydrogen (secondary N) is 1. The van der Waals surface area contributed by atoms with Crippen molar-refractivity contribution in [1.82, 2.24) is 4.72 Å². The second kappa shape index (κ2) is 7.97. The van der Waals surface area contributed by atoms with Gasteiger partial charge < -0.3 is 5.73 Å². The van der Waals surface area contributed by atoms with Crippen LogP contribution < -0.4 is 10.5 Å². The summed E-state index contributed by atoms with van der Waals surface area (Å²) >= 11 is 6.61. The normalized spacial score (nSPS) is 13.1. The zero-order chi connectivity index (χ0) is 15.2. The minimum Gasteiger partial charge on any atom is -0.389 e. The van der Waals surface area contributed by atoms with Crippen LogP contribution in [0.4, 0.5) is 0 Å². The predicted octanol–water partition coefficient (Wildman–Crippen LogP) is 1.88. The zero-order valence-electron chi connectivity index (χ0n) is 11.6. The van der Waals surface area contributed by atoms with Crippen molar-refractivity contribution in [2.45, 2.75) is 24.3 Å². The Morgan fingerprint density at radius 1 is 1.50 bits per heavy atom. The highest BCUT2D eigenvalue weighted by Gasteiger charge is 2.12. The molecule has 7 heteroatoms. The standard InChI is InChI=1S/C13H20N2O2S3/c1-10(19-2)6-7-15-20(16,17)9-11-4-3-5-12(8-11)13(14)18/h3-5,8,10,15H,6-7,9H2,1-2H3,(H2,14,18). The molecule has 1 aromatic carbocycles. The van der Waals surface area contributed by atoms with Crippen molar-refractivity contribution >= 4 is 39.0 Å². The monoisotopic (exact) mass is 332 g/mol. The molecule has 0 spiro atoms. The average Bonchev–Trinajstić information content (AvgIpc) is 2.37. The van der Waals surface area contributed by atoms with Crippen molar-refractivity contribution in [1.29, 1.82) is 0 Å². The quantitative estimate of drug-likeness (QED) is 0.711. The first-order valence-electron chi connectivity index (χ1n) is 6.23. The van der Waals surface area contributed by atoms with E-state index in [2.05, 4.69) is 11.6 Å². The molecule has 0 bridgehead atoms. The zero-order valence-corrected chi connectivity index (χ0v) is 14.1. The number of hydrogen-bond donors (Lipinski definition) is 2. The van der Waals surface area contributed by atoms with Crippen LogP contribution in [0.25, 0.3) is 0 Å². The maximum Gasteiger partial charge on any atom is 0.215 e. The Morgan fingerprint density at radius 2 is 2.20 bits per heavy atom. The summed E-state index contributed by atoms with van der Waals surface area (Å²) in [5.41, 5.74) is 6.90. The third kappa shape index (κ3) is 6.21. The lowest BCUT2D eigenvalue weighted by Gasteiger charge is -2.10. The van der Waals surface area contributed by atoms with Gasteiger partial charge in [-0.3, -0.25) is 0 Å². The molecule has 4 nitrogen and oxygen atoms in total. The van der Waals surface area contributed by atoms with E-state index in [0.29, 0.717) is 22.9 Å². The van der Waals surface area contributed by atoms with E-state index in [1.807, 2.05) is 6.26 Å². The van der Waals surface area contributed by atoms with E-state index in [-0.39, 0.29) is 10.7 Å². The van der Waals surface area contributed by atoms with Crippen LogP contribution in [0.1, 0.15) is 24.5 Å². The topological polar surface area (TPSA) is 72.2 Å². The number of benzene rings is 1. The summed E-state index contributed by atoms with van der Waals surface area (Å²) in [6.07, 6.45) is 2.83. The van der Waals surface area contributed by atoms with Gasteiger partial charge in [-0.25, -0.2) is 13.1 Å². The number of nitrogens with two attached hydrogens (primary N) is 1. The summed E-state index contributed by atoms with van der Waals surface area (Å²) in [6, 6.07) is 7.00. The van der Waals surface area contributed by atoms with Gasteiger partial charge in [0.2, 0.25) is 10.0 Å². The average molecular weight is 333 g/mol. The molecule has 0 aromatic heterocycles. The van der Waals surface area contributed by atoms with E-state index in [1.54, 1.807) is 36.0 Å². The lowest BCUT2D eigenvalue weighted by atomic mass is 10.1. The number of thiocarbonyl (C=S) groups is 1. The predicted molar refractivity (Wildman–Crippen MR) is 90.5 cm³/mol. The molecular formula is C13H20N2O2S3. The summed E-state index contributed by atoms with van der Waals surface area (Å²) in [5, 5.41) is 0.440. The fourth-order valence-corrected chi connectivity index (χ4v) is 3.25. The number of thioether (sulfide) groups is 1. The van der Waals surface area contributed by atoms with Crippen LogP contribution in [0.5, 0.6) is 0 Å². The van der Waals surface area contributed by atoms with E-state index in [9.17, 15) is 8.42 Å². The van der Waals surface area contributed by atoms with Crippen LogP contribution in [0.15, 0.2) is 24.3 Å². The molecule has 0 aliphatic heterocycles.